The highest BCUT2D eigenvalue weighted by Crippen LogP contribution is 2.58. The van der Waals surface area contributed by atoms with E-state index < -0.39 is 0 Å². The molecule has 3 N–H and O–H groups in total. The van der Waals surface area contributed by atoms with Gasteiger partial charge in [-0.1, -0.05) is 18.6 Å². The van der Waals surface area contributed by atoms with Crippen LogP contribution in [0, 0.1) is 23.7 Å². The number of carbonyl (C=O) groups is 2. The molecule has 138 valence electrons. The molecule has 0 radical (unpaired) electrons. The van der Waals surface area contributed by atoms with Gasteiger partial charge in [0.1, 0.15) is 0 Å². The monoisotopic (exact) mass is 353 g/mol. The van der Waals surface area contributed by atoms with E-state index in [0.717, 1.165) is 34.6 Å². The van der Waals surface area contributed by atoms with Crippen molar-refractivity contribution in [2.75, 3.05) is 5.32 Å². The first-order valence-electron chi connectivity index (χ1n) is 10.1. The molecular weight excluding hydrogens is 326 g/mol. The largest absolute Gasteiger partial charge is 0.335 e. The van der Waals surface area contributed by atoms with Crippen molar-refractivity contribution in [3.8, 4) is 0 Å². The summed E-state index contributed by atoms with van der Waals surface area (Å²) in [5.74, 6) is 3.39. The molecular formula is C21H27N3O2. The fourth-order valence-corrected chi connectivity index (χ4v) is 6.24. The van der Waals surface area contributed by atoms with Gasteiger partial charge in [0, 0.05) is 11.7 Å². The van der Waals surface area contributed by atoms with Crippen molar-refractivity contribution >= 4 is 17.6 Å². The lowest BCUT2D eigenvalue weighted by Gasteiger charge is -2.32. The van der Waals surface area contributed by atoms with Crippen LogP contribution in [0.25, 0.3) is 0 Å². The normalized spacial score (nSPS) is 35.0. The van der Waals surface area contributed by atoms with Crippen molar-refractivity contribution in [2.24, 2.45) is 23.7 Å². The molecule has 5 heteroatoms. The number of hydrogen-bond donors (Lipinski definition) is 3. The Hall–Kier alpha value is -2.04. The summed E-state index contributed by atoms with van der Waals surface area (Å²) in [6, 6.07) is 6.16. The van der Waals surface area contributed by atoms with Crippen LogP contribution in [-0.2, 0) is 11.2 Å². The molecule has 26 heavy (non-hydrogen) atoms. The molecule has 0 spiro atoms. The Morgan fingerprint density at radius 2 is 2.04 bits per heavy atom. The van der Waals surface area contributed by atoms with E-state index >= 15 is 0 Å². The molecule has 2 bridgehead atoms. The second kappa shape index (κ2) is 6.00. The Balaban J connectivity index is 1.20. The molecule has 0 saturated heterocycles. The van der Waals surface area contributed by atoms with Gasteiger partial charge in [-0.15, -0.1) is 0 Å². The number of carbonyl (C=O) groups excluding carboxylic acids is 2. The topological polar surface area (TPSA) is 70.2 Å². The molecule has 5 nitrogen and oxygen atoms in total. The Kier molecular flexibility index (Phi) is 3.73. The third-order valence-electron chi connectivity index (χ3n) is 7.35. The average Bonchev–Trinajstić information content (AvgIpc) is 3.34. The quantitative estimate of drug-likeness (QED) is 0.780. The summed E-state index contributed by atoms with van der Waals surface area (Å²) in [5.41, 5.74) is 2.95. The maximum atomic E-state index is 12.5. The van der Waals surface area contributed by atoms with Gasteiger partial charge in [0.25, 0.3) is 0 Å². The fraction of sp³-hybridized carbons (Fsp3) is 0.619. The molecule has 0 aromatic heterocycles. The molecule has 6 atom stereocenters. The molecule has 1 heterocycles. The Labute approximate surface area is 154 Å². The van der Waals surface area contributed by atoms with Gasteiger partial charge in [0.15, 0.2) is 0 Å². The summed E-state index contributed by atoms with van der Waals surface area (Å²) >= 11 is 0. The van der Waals surface area contributed by atoms with Crippen LogP contribution in [0.2, 0.25) is 0 Å². The summed E-state index contributed by atoms with van der Waals surface area (Å²) in [6.45, 7) is 2.00. The number of anilines is 1. The Bertz CT molecular complexity index is 762. The zero-order valence-electron chi connectivity index (χ0n) is 15.3. The van der Waals surface area contributed by atoms with Gasteiger partial charge in [-0.05, 0) is 73.5 Å². The average molecular weight is 353 g/mol. The molecule has 5 rings (SSSR count). The lowest BCUT2D eigenvalue weighted by Crippen LogP contribution is -2.47. The van der Waals surface area contributed by atoms with Gasteiger partial charge >= 0.3 is 6.03 Å². The SMILES string of the molecule is CC(NC(=O)NC1CC2CC1C1CCCC21)c1ccc2c(c1)CC(=O)N2. The summed E-state index contributed by atoms with van der Waals surface area (Å²) in [7, 11) is 0. The molecule has 3 aliphatic carbocycles. The van der Waals surface area contributed by atoms with Gasteiger partial charge < -0.3 is 16.0 Å². The van der Waals surface area contributed by atoms with Crippen LogP contribution in [0.5, 0.6) is 0 Å². The first kappa shape index (κ1) is 16.2. The number of nitrogens with one attached hydrogen (secondary N) is 3. The smallest absolute Gasteiger partial charge is 0.315 e. The second-order valence-electron chi connectivity index (χ2n) is 8.74. The van der Waals surface area contributed by atoms with Gasteiger partial charge in [-0.3, -0.25) is 4.79 Å². The third-order valence-corrected chi connectivity index (χ3v) is 7.35. The Morgan fingerprint density at radius 1 is 1.19 bits per heavy atom. The number of rotatable bonds is 3. The summed E-state index contributed by atoms with van der Waals surface area (Å²) in [6.07, 6.45) is 7.08. The van der Waals surface area contributed by atoms with E-state index in [1.165, 1.54) is 32.1 Å². The van der Waals surface area contributed by atoms with E-state index in [4.69, 9.17) is 0 Å². The number of amides is 3. The molecule has 1 aromatic rings. The molecule has 1 aliphatic heterocycles. The Morgan fingerprint density at radius 3 is 2.92 bits per heavy atom. The van der Waals surface area contributed by atoms with Crippen molar-refractivity contribution in [1.82, 2.24) is 10.6 Å². The first-order valence-corrected chi connectivity index (χ1v) is 10.1. The van der Waals surface area contributed by atoms with E-state index in [0.29, 0.717) is 18.4 Å². The minimum atomic E-state index is -0.0752. The second-order valence-corrected chi connectivity index (χ2v) is 8.74. The highest BCUT2D eigenvalue weighted by Gasteiger charge is 2.54. The van der Waals surface area contributed by atoms with Crippen LogP contribution in [0.3, 0.4) is 0 Å². The maximum Gasteiger partial charge on any atom is 0.315 e. The summed E-state index contributed by atoms with van der Waals surface area (Å²) in [5, 5.41) is 9.20. The maximum absolute atomic E-state index is 12.5. The molecule has 1 aromatic carbocycles. The minimum Gasteiger partial charge on any atom is -0.335 e. The van der Waals surface area contributed by atoms with Crippen molar-refractivity contribution in [2.45, 2.75) is 57.5 Å². The van der Waals surface area contributed by atoms with Crippen LogP contribution in [0.4, 0.5) is 10.5 Å². The lowest BCUT2D eigenvalue weighted by atomic mass is 9.79. The number of fused-ring (bicyclic) bond motifs is 6. The molecule has 6 unspecified atom stereocenters. The summed E-state index contributed by atoms with van der Waals surface area (Å²) in [4.78, 5) is 24.1. The van der Waals surface area contributed by atoms with Crippen molar-refractivity contribution < 1.29 is 9.59 Å². The molecule has 4 aliphatic rings. The van der Waals surface area contributed by atoms with E-state index in [2.05, 4.69) is 16.0 Å². The van der Waals surface area contributed by atoms with E-state index in [9.17, 15) is 9.59 Å². The molecule has 3 amide bonds. The number of benzene rings is 1. The predicted molar refractivity (Wildman–Crippen MR) is 99.7 cm³/mol. The highest BCUT2D eigenvalue weighted by atomic mass is 16.2. The van der Waals surface area contributed by atoms with Crippen LogP contribution in [0.1, 0.15) is 56.2 Å². The molecule has 3 fully saturated rings. The van der Waals surface area contributed by atoms with E-state index in [1.807, 2.05) is 25.1 Å². The number of hydrogen-bond acceptors (Lipinski definition) is 2. The standard InChI is InChI=1S/C21H27N3O2/c1-11(12-5-6-18-14(7-12)10-20(25)23-18)22-21(26)24-19-9-13-8-17(19)16-4-2-3-15(13)16/h5-7,11,13,15-17,19H,2-4,8-10H2,1H3,(H,23,25)(H2,22,24,26). The van der Waals surface area contributed by atoms with Crippen molar-refractivity contribution in [1.29, 1.82) is 0 Å². The van der Waals surface area contributed by atoms with Crippen molar-refractivity contribution in [3.05, 3.63) is 29.3 Å². The summed E-state index contributed by atoms with van der Waals surface area (Å²) < 4.78 is 0. The minimum absolute atomic E-state index is 0.0389. The predicted octanol–water partition coefficient (Wildman–Crippen LogP) is 3.37. The van der Waals surface area contributed by atoms with Crippen LogP contribution < -0.4 is 16.0 Å². The fourth-order valence-electron chi connectivity index (χ4n) is 6.24. The molecule has 3 saturated carbocycles. The first-order chi connectivity index (χ1) is 12.6. The van der Waals surface area contributed by atoms with Gasteiger partial charge in [-0.2, -0.15) is 0 Å². The lowest BCUT2D eigenvalue weighted by molar-refractivity contribution is -0.115. The highest BCUT2D eigenvalue weighted by molar-refractivity contribution is 5.99. The van der Waals surface area contributed by atoms with Gasteiger partial charge in [0.2, 0.25) is 5.91 Å². The number of urea groups is 1. The van der Waals surface area contributed by atoms with Crippen LogP contribution in [0.15, 0.2) is 18.2 Å². The van der Waals surface area contributed by atoms with Gasteiger partial charge in [0.05, 0.1) is 12.5 Å². The zero-order valence-corrected chi connectivity index (χ0v) is 15.3. The third kappa shape index (κ3) is 2.60. The van der Waals surface area contributed by atoms with E-state index in [-0.39, 0.29) is 18.0 Å². The zero-order chi connectivity index (χ0) is 17.8. The van der Waals surface area contributed by atoms with Crippen LogP contribution in [-0.4, -0.2) is 18.0 Å². The van der Waals surface area contributed by atoms with Gasteiger partial charge in [-0.25, -0.2) is 4.79 Å². The van der Waals surface area contributed by atoms with Crippen LogP contribution >= 0.6 is 0 Å². The van der Waals surface area contributed by atoms with Crippen molar-refractivity contribution in [3.63, 3.8) is 0 Å². The van der Waals surface area contributed by atoms with E-state index in [1.54, 1.807) is 0 Å².